The molecule has 1 aromatic carbocycles. The Balaban J connectivity index is 1.27. The van der Waals surface area contributed by atoms with Crippen molar-refractivity contribution in [3.05, 3.63) is 71.4 Å². The molecule has 176 valence electrons. The molecule has 10 heteroatoms. The number of rotatable bonds is 4. The number of carbonyl (C=O) groups excluding carboxylic acids is 1. The van der Waals surface area contributed by atoms with E-state index in [4.69, 9.17) is 11.6 Å². The number of nitrogens with one attached hydrogen (secondary N) is 2. The minimum Gasteiger partial charge on any atom is -0.382 e. The SMILES string of the molecule is O=C(N[C@H]1CC[C@@H](Nc2cc(C(F)(F)F)nc3ccc(Cl)cc23)CC1)c1ncn2ccccc12. The van der Waals surface area contributed by atoms with E-state index in [9.17, 15) is 18.0 Å². The van der Waals surface area contributed by atoms with Crippen LogP contribution in [-0.2, 0) is 6.18 Å². The first kappa shape index (κ1) is 22.5. The van der Waals surface area contributed by atoms with Gasteiger partial charge in [0.2, 0.25) is 0 Å². The van der Waals surface area contributed by atoms with E-state index in [-0.39, 0.29) is 23.5 Å². The van der Waals surface area contributed by atoms with Gasteiger partial charge in [-0.3, -0.25) is 4.79 Å². The van der Waals surface area contributed by atoms with Gasteiger partial charge in [-0.25, -0.2) is 9.97 Å². The van der Waals surface area contributed by atoms with Crippen LogP contribution in [0.25, 0.3) is 16.4 Å². The fraction of sp³-hybridized carbons (Fsp3) is 0.292. The lowest BCUT2D eigenvalue weighted by atomic mass is 9.90. The number of hydrogen-bond acceptors (Lipinski definition) is 4. The van der Waals surface area contributed by atoms with Crippen LogP contribution in [0.3, 0.4) is 0 Å². The highest BCUT2D eigenvalue weighted by molar-refractivity contribution is 6.31. The van der Waals surface area contributed by atoms with Gasteiger partial charge in [-0.1, -0.05) is 17.7 Å². The summed E-state index contributed by atoms with van der Waals surface area (Å²) in [5.41, 5.74) is 0.754. The highest BCUT2D eigenvalue weighted by atomic mass is 35.5. The summed E-state index contributed by atoms with van der Waals surface area (Å²) in [6.45, 7) is 0. The van der Waals surface area contributed by atoms with Crippen LogP contribution in [0, 0.1) is 0 Å². The molecule has 1 aliphatic rings. The molecule has 0 saturated heterocycles. The van der Waals surface area contributed by atoms with Crippen molar-refractivity contribution >= 4 is 39.6 Å². The van der Waals surface area contributed by atoms with Gasteiger partial charge in [-0.05, 0) is 62.1 Å². The summed E-state index contributed by atoms with van der Waals surface area (Å²) in [6, 6.07) is 11.2. The van der Waals surface area contributed by atoms with Crippen LogP contribution in [0.1, 0.15) is 41.9 Å². The summed E-state index contributed by atoms with van der Waals surface area (Å²) in [5.74, 6) is -0.227. The van der Waals surface area contributed by atoms with Crippen LogP contribution in [-0.4, -0.2) is 32.4 Å². The van der Waals surface area contributed by atoms with Crippen LogP contribution in [0.4, 0.5) is 18.9 Å². The maximum absolute atomic E-state index is 13.4. The van der Waals surface area contributed by atoms with E-state index in [0.717, 1.165) is 11.6 Å². The molecule has 34 heavy (non-hydrogen) atoms. The van der Waals surface area contributed by atoms with Gasteiger partial charge in [0.25, 0.3) is 5.91 Å². The molecular weight excluding hydrogens is 467 g/mol. The number of imidazole rings is 1. The second-order valence-corrected chi connectivity index (χ2v) is 8.90. The highest BCUT2D eigenvalue weighted by Crippen LogP contribution is 2.35. The third-order valence-electron chi connectivity index (χ3n) is 6.14. The summed E-state index contributed by atoms with van der Waals surface area (Å²) < 4.78 is 41.9. The second kappa shape index (κ2) is 8.79. The Labute approximate surface area is 198 Å². The van der Waals surface area contributed by atoms with Crippen molar-refractivity contribution < 1.29 is 18.0 Å². The summed E-state index contributed by atoms with van der Waals surface area (Å²) in [7, 11) is 0. The smallest absolute Gasteiger partial charge is 0.382 e. The first-order valence-electron chi connectivity index (χ1n) is 10.9. The van der Waals surface area contributed by atoms with Crippen molar-refractivity contribution in [2.45, 2.75) is 43.9 Å². The molecule has 5 rings (SSSR count). The van der Waals surface area contributed by atoms with Crippen molar-refractivity contribution in [1.29, 1.82) is 0 Å². The number of carbonyl (C=O) groups is 1. The Morgan fingerprint density at radius 3 is 2.59 bits per heavy atom. The number of fused-ring (bicyclic) bond motifs is 2. The summed E-state index contributed by atoms with van der Waals surface area (Å²) >= 11 is 6.08. The van der Waals surface area contributed by atoms with E-state index in [1.54, 1.807) is 16.8 Å². The van der Waals surface area contributed by atoms with Crippen LogP contribution >= 0.6 is 11.6 Å². The monoisotopic (exact) mass is 487 g/mol. The lowest BCUT2D eigenvalue weighted by molar-refractivity contribution is -0.140. The number of nitrogens with zero attached hydrogens (tertiary/aromatic N) is 3. The quantitative estimate of drug-likeness (QED) is 0.387. The molecule has 3 heterocycles. The van der Waals surface area contributed by atoms with E-state index in [2.05, 4.69) is 20.6 Å². The maximum Gasteiger partial charge on any atom is 0.433 e. The van der Waals surface area contributed by atoms with Crippen LogP contribution < -0.4 is 10.6 Å². The van der Waals surface area contributed by atoms with Crippen LogP contribution in [0.2, 0.25) is 5.02 Å². The number of amides is 1. The zero-order valence-electron chi connectivity index (χ0n) is 17.9. The lowest BCUT2D eigenvalue weighted by Gasteiger charge is -2.30. The highest BCUT2D eigenvalue weighted by Gasteiger charge is 2.34. The van der Waals surface area contributed by atoms with E-state index < -0.39 is 11.9 Å². The van der Waals surface area contributed by atoms with E-state index in [1.165, 1.54) is 12.1 Å². The van der Waals surface area contributed by atoms with Gasteiger partial charge in [0.1, 0.15) is 12.0 Å². The topological polar surface area (TPSA) is 71.3 Å². The molecule has 0 bridgehead atoms. The van der Waals surface area contributed by atoms with Gasteiger partial charge in [0, 0.05) is 34.4 Å². The largest absolute Gasteiger partial charge is 0.433 e. The molecule has 0 spiro atoms. The predicted octanol–water partition coefficient (Wildman–Crippen LogP) is 5.71. The molecule has 0 aliphatic heterocycles. The molecule has 0 radical (unpaired) electrons. The third-order valence-corrected chi connectivity index (χ3v) is 6.38. The Kier molecular flexibility index (Phi) is 5.81. The molecule has 2 N–H and O–H groups in total. The molecule has 6 nitrogen and oxygen atoms in total. The first-order chi connectivity index (χ1) is 16.3. The second-order valence-electron chi connectivity index (χ2n) is 8.47. The number of hydrogen-bond donors (Lipinski definition) is 2. The molecule has 3 aromatic heterocycles. The van der Waals surface area contributed by atoms with Crippen molar-refractivity contribution in [2.24, 2.45) is 0 Å². The van der Waals surface area contributed by atoms with E-state index in [0.29, 0.717) is 47.5 Å². The van der Waals surface area contributed by atoms with Gasteiger partial charge in [-0.15, -0.1) is 0 Å². The Morgan fingerprint density at radius 2 is 1.82 bits per heavy atom. The van der Waals surface area contributed by atoms with E-state index in [1.807, 2.05) is 24.4 Å². The number of anilines is 1. The van der Waals surface area contributed by atoms with E-state index >= 15 is 0 Å². The summed E-state index contributed by atoms with van der Waals surface area (Å²) in [4.78, 5) is 20.7. The van der Waals surface area contributed by atoms with Gasteiger partial charge in [0.15, 0.2) is 5.69 Å². The van der Waals surface area contributed by atoms with Gasteiger partial charge in [0.05, 0.1) is 11.0 Å². The number of benzene rings is 1. The Morgan fingerprint density at radius 1 is 1.06 bits per heavy atom. The van der Waals surface area contributed by atoms with Crippen LogP contribution in [0.15, 0.2) is 55.0 Å². The first-order valence-corrected chi connectivity index (χ1v) is 11.3. The summed E-state index contributed by atoms with van der Waals surface area (Å²) in [6.07, 6.45) is 1.67. The van der Waals surface area contributed by atoms with Crippen molar-refractivity contribution in [1.82, 2.24) is 19.7 Å². The molecule has 1 saturated carbocycles. The molecule has 1 aliphatic carbocycles. The zero-order valence-corrected chi connectivity index (χ0v) is 18.7. The predicted molar refractivity (Wildman–Crippen MR) is 124 cm³/mol. The molecule has 0 atom stereocenters. The molecule has 4 aromatic rings. The number of aromatic nitrogens is 3. The fourth-order valence-corrected chi connectivity index (χ4v) is 4.61. The molecule has 1 amide bonds. The van der Waals surface area contributed by atoms with Gasteiger partial charge >= 0.3 is 6.18 Å². The van der Waals surface area contributed by atoms with Crippen molar-refractivity contribution in [2.75, 3.05) is 5.32 Å². The van der Waals surface area contributed by atoms with Crippen molar-refractivity contribution in [3.8, 4) is 0 Å². The Hall–Kier alpha value is -3.33. The fourth-order valence-electron chi connectivity index (χ4n) is 4.44. The number of halogens is 4. The minimum atomic E-state index is -4.55. The number of alkyl halides is 3. The molecule has 1 fully saturated rings. The van der Waals surface area contributed by atoms with Crippen molar-refractivity contribution in [3.63, 3.8) is 0 Å². The van der Waals surface area contributed by atoms with Gasteiger partial charge in [-0.2, -0.15) is 13.2 Å². The average Bonchev–Trinajstić information content (AvgIpc) is 3.24. The zero-order chi connectivity index (χ0) is 23.9. The molecule has 0 unspecified atom stereocenters. The van der Waals surface area contributed by atoms with Crippen LogP contribution in [0.5, 0.6) is 0 Å². The lowest BCUT2D eigenvalue weighted by Crippen LogP contribution is -2.40. The Bertz CT molecular complexity index is 1360. The third kappa shape index (κ3) is 4.52. The standard InChI is InChI=1S/C24H21ClF3N5O/c25-14-4-9-18-17(11-14)19(12-21(32-18)24(26,27)28)30-15-5-7-16(8-6-15)31-23(34)22-20-3-1-2-10-33(20)13-29-22/h1-4,9-13,15-16H,5-8H2,(H,30,32)(H,31,34)/t15-,16+. The summed E-state index contributed by atoms with van der Waals surface area (Å²) in [5, 5.41) is 7.28. The molecular formula is C24H21ClF3N5O. The maximum atomic E-state index is 13.4. The normalized spacial score (nSPS) is 18.8. The minimum absolute atomic E-state index is 0.0274. The van der Waals surface area contributed by atoms with Gasteiger partial charge < -0.3 is 15.0 Å². The number of pyridine rings is 2. The average molecular weight is 488 g/mol.